The summed E-state index contributed by atoms with van der Waals surface area (Å²) in [6.07, 6.45) is 1.89. The summed E-state index contributed by atoms with van der Waals surface area (Å²) in [4.78, 5) is 1.04. The van der Waals surface area contributed by atoms with Gasteiger partial charge in [0.2, 0.25) is 0 Å². The summed E-state index contributed by atoms with van der Waals surface area (Å²) in [5, 5.41) is 1.83. The molecule has 3 aromatic rings. The molecule has 0 aliphatic heterocycles. The quantitative estimate of drug-likeness (QED) is 0.461. The van der Waals surface area contributed by atoms with Crippen LogP contribution in [-0.2, 0) is 21.1 Å². The Morgan fingerprint density at radius 2 is 1.38 bits per heavy atom. The fourth-order valence-electron chi connectivity index (χ4n) is 2.54. The van der Waals surface area contributed by atoms with Gasteiger partial charge < -0.3 is 8.86 Å². The zero-order chi connectivity index (χ0) is 20.9. The molecule has 3 rings (SSSR count). The first-order valence-electron chi connectivity index (χ1n) is 9.04. The minimum Gasteiger partial charge on any atom is -0.497 e. The third-order valence-electron chi connectivity index (χ3n) is 4.26. The van der Waals surface area contributed by atoms with E-state index in [1.165, 1.54) is 0 Å². The number of ether oxygens (including phenoxy) is 1. The summed E-state index contributed by atoms with van der Waals surface area (Å²) < 4.78 is 35.2. The van der Waals surface area contributed by atoms with Crippen molar-refractivity contribution in [3.8, 4) is 5.75 Å². The van der Waals surface area contributed by atoms with E-state index in [4.69, 9.17) is 4.74 Å². The molecule has 0 amide bonds. The van der Waals surface area contributed by atoms with Crippen molar-refractivity contribution in [1.29, 1.82) is 0 Å². The molecule has 0 aliphatic carbocycles. The Morgan fingerprint density at radius 1 is 0.828 bits per heavy atom. The van der Waals surface area contributed by atoms with Gasteiger partial charge in [0.1, 0.15) is 26.1 Å². The Labute approximate surface area is 175 Å². The van der Waals surface area contributed by atoms with Crippen molar-refractivity contribution in [3.63, 3.8) is 0 Å². The largest absolute Gasteiger partial charge is 0.497 e. The maximum atomic E-state index is 12.9. The third-order valence-corrected chi connectivity index (χ3v) is 7.71. The third kappa shape index (κ3) is 5.73. The minimum absolute atomic E-state index is 0.200. The summed E-state index contributed by atoms with van der Waals surface area (Å²) in [6, 6.07) is 22.1. The Morgan fingerprint density at radius 3 is 1.93 bits per heavy atom. The lowest BCUT2D eigenvalue weighted by Crippen LogP contribution is -2.07. The van der Waals surface area contributed by atoms with Crippen LogP contribution in [0.3, 0.4) is 0 Å². The topological polar surface area (TPSA) is 57.5 Å². The molecule has 0 N–H and O–H groups in total. The first-order chi connectivity index (χ1) is 13.9. The van der Waals surface area contributed by atoms with E-state index in [0.717, 1.165) is 27.3 Å². The lowest BCUT2D eigenvalue weighted by molar-refractivity contribution is 0.415. The molecule has 0 spiro atoms. The molecule has 1 atom stereocenters. The molecule has 150 valence electrons. The van der Waals surface area contributed by atoms with Crippen LogP contribution in [0.5, 0.6) is 5.75 Å². The van der Waals surface area contributed by atoms with Crippen LogP contribution in [0.1, 0.15) is 16.7 Å². The van der Waals surface area contributed by atoms with Gasteiger partial charge >= 0.3 is 0 Å². The molecule has 1 unspecified atom stereocenters. The average molecular weight is 426 g/mol. The molecule has 0 bridgehead atoms. The highest BCUT2D eigenvalue weighted by Gasteiger charge is 2.17. The van der Waals surface area contributed by atoms with E-state index in [2.05, 4.69) is 4.13 Å². The number of nitrogens with zero attached hydrogens (tertiary/aromatic N) is 1. The van der Waals surface area contributed by atoms with E-state index in [9.17, 15) is 8.42 Å². The average Bonchev–Trinajstić information content (AvgIpc) is 2.72. The molecule has 4 nitrogen and oxygen atoms in total. The highest BCUT2D eigenvalue weighted by molar-refractivity contribution is 8.16. The number of benzene rings is 3. The van der Waals surface area contributed by atoms with Crippen LogP contribution in [0, 0.1) is 13.8 Å². The predicted octanol–water partition coefficient (Wildman–Crippen LogP) is 5.64. The van der Waals surface area contributed by atoms with Crippen molar-refractivity contribution in [2.24, 2.45) is 0 Å². The van der Waals surface area contributed by atoms with Gasteiger partial charge in [0.15, 0.2) is 0 Å². The van der Waals surface area contributed by atoms with Crippen molar-refractivity contribution >= 4 is 27.2 Å². The lowest BCUT2D eigenvalue weighted by Gasteiger charge is -2.19. The number of hydrogen-bond acceptors (Lipinski definition) is 3. The molecule has 6 heteroatoms. The van der Waals surface area contributed by atoms with Gasteiger partial charge in [-0.3, -0.25) is 0 Å². The van der Waals surface area contributed by atoms with Crippen LogP contribution in [-0.4, -0.2) is 15.5 Å². The summed E-state index contributed by atoms with van der Waals surface area (Å²) in [5.74, 6) is 0.770. The van der Waals surface area contributed by atoms with Crippen LogP contribution < -0.4 is 4.74 Å². The van der Waals surface area contributed by atoms with E-state index < -0.39 is 21.1 Å². The van der Waals surface area contributed by atoms with E-state index in [1.54, 1.807) is 31.4 Å². The minimum atomic E-state index is -3.78. The van der Waals surface area contributed by atoms with Crippen molar-refractivity contribution < 1.29 is 13.2 Å². The number of sulfonamides is 1. The summed E-state index contributed by atoms with van der Waals surface area (Å²) in [7, 11) is -2.16. The monoisotopic (exact) mass is 425 g/mol. The smallest absolute Gasteiger partial charge is 0.148 e. The molecule has 0 saturated heterocycles. The van der Waals surface area contributed by atoms with E-state index in [-0.39, 0.29) is 4.90 Å². The van der Waals surface area contributed by atoms with Crippen LogP contribution in [0.25, 0.3) is 10.2 Å². The Kier molecular flexibility index (Phi) is 6.79. The predicted molar refractivity (Wildman–Crippen MR) is 121 cm³/mol. The van der Waals surface area contributed by atoms with Crippen molar-refractivity contribution in [1.82, 2.24) is 0 Å². The molecule has 29 heavy (non-hydrogen) atoms. The number of hydrogen-bond donors (Lipinski definition) is 0. The highest BCUT2D eigenvalue weighted by atomic mass is 32.3. The summed E-state index contributed by atoms with van der Waals surface area (Å²) in [6.45, 7) is 3.91. The van der Waals surface area contributed by atoms with Crippen molar-refractivity contribution in [3.05, 3.63) is 99.0 Å². The van der Waals surface area contributed by atoms with Gasteiger partial charge in [-0.05, 0) is 73.0 Å². The van der Waals surface area contributed by atoms with Crippen LogP contribution in [0.2, 0.25) is 0 Å². The fourth-order valence-corrected chi connectivity index (χ4v) is 5.61. The zero-order valence-corrected chi connectivity index (χ0v) is 18.2. The Balaban J connectivity index is 1.91. The lowest BCUT2D eigenvalue weighted by atomic mass is 10.2. The maximum absolute atomic E-state index is 12.9. The molecule has 0 fully saturated rings. The SMILES string of the molecule is COc1ccc(/C=C\[S+]([N-]S(=O)(=O)c2ccc(C)cc2)c2ccc(C)cc2)cc1. The molecule has 0 aliphatic rings. The number of methoxy groups -OCH3 is 1. The van der Waals surface area contributed by atoms with E-state index >= 15 is 0 Å². The van der Waals surface area contributed by atoms with Crippen molar-refractivity contribution in [2.45, 2.75) is 23.6 Å². The van der Waals surface area contributed by atoms with Crippen molar-refractivity contribution in [2.75, 3.05) is 7.11 Å². The second kappa shape index (κ2) is 9.31. The molecular weight excluding hydrogens is 402 g/mol. The van der Waals surface area contributed by atoms with Gasteiger partial charge in [-0.2, -0.15) is 0 Å². The molecule has 0 saturated carbocycles. The molecule has 0 heterocycles. The van der Waals surface area contributed by atoms with Gasteiger partial charge in [-0.25, -0.2) is 8.42 Å². The summed E-state index contributed by atoms with van der Waals surface area (Å²) >= 11 is -0.954. The first-order valence-corrected chi connectivity index (χ1v) is 11.7. The van der Waals surface area contributed by atoms with Crippen LogP contribution in [0.15, 0.2) is 88.0 Å². The Bertz CT molecular complexity index is 1070. The normalized spacial score (nSPS) is 12.8. The molecular formula is C23H23NO3S2. The van der Waals surface area contributed by atoms with Gasteiger partial charge in [-0.1, -0.05) is 47.5 Å². The first kappa shape index (κ1) is 21.2. The fraction of sp³-hybridized carbons (Fsp3) is 0.130. The zero-order valence-electron chi connectivity index (χ0n) is 16.6. The Hall–Kier alpha value is -2.54. The second-order valence-corrected chi connectivity index (χ2v) is 9.96. The number of rotatable bonds is 7. The van der Waals surface area contributed by atoms with E-state index in [0.29, 0.717) is 0 Å². The maximum Gasteiger partial charge on any atom is 0.148 e. The second-order valence-electron chi connectivity index (χ2n) is 6.57. The van der Waals surface area contributed by atoms with Gasteiger partial charge in [0, 0.05) is 0 Å². The molecule has 0 radical (unpaired) electrons. The van der Waals surface area contributed by atoms with E-state index in [1.807, 2.05) is 73.9 Å². The van der Waals surface area contributed by atoms with Crippen LogP contribution in [0.4, 0.5) is 0 Å². The molecule has 0 aromatic heterocycles. The van der Waals surface area contributed by atoms with Gasteiger partial charge in [-0.15, -0.1) is 0 Å². The highest BCUT2D eigenvalue weighted by Crippen LogP contribution is 2.30. The van der Waals surface area contributed by atoms with Crippen LogP contribution >= 0.6 is 0 Å². The molecule has 3 aromatic carbocycles. The summed E-state index contributed by atoms with van der Waals surface area (Å²) in [5.41, 5.74) is 3.05. The number of aryl methyl sites for hydroxylation is 2. The standard InChI is InChI=1S/C23H23NO3S2/c1-18-4-12-22(13-5-18)28(17-16-20-8-10-21(27-3)11-9-20)24-29(25,26)23-14-6-19(2)7-15-23/h4-17H,1-3H3/b17-16-. The van der Waals surface area contributed by atoms with Gasteiger partial charge in [0.05, 0.1) is 12.0 Å². The van der Waals surface area contributed by atoms with Gasteiger partial charge in [0.25, 0.3) is 0 Å².